The van der Waals surface area contributed by atoms with Crippen LogP contribution in [0.3, 0.4) is 0 Å². The number of carbonyl (C=O) groups is 7. The summed E-state index contributed by atoms with van der Waals surface area (Å²) in [5, 5.41) is -0.353. The van der Waals surface area contributed by atoms with Gasteiger partial charge in [-0.2, -0.15) is 0 Å². The van der Waals surface area contributed by atoms with Gasteiger partial charge in [0, 0.05) is 38.1 Å². The van der Waals surface area contributed by atoms with Gasteiger partial charge in [0.2, 0.25) is 0 Å². The van der Waals surface area contributed by atoms with Crippen LogP contribution in [0.4, 0.5) is 4.79 Å². The van der Waals surface area contributed by atoms with Crippen molar-refractivity contribution in [2.75, 3.05) is 65.9 Å². The Morgan fingerprint density at radius 3 is 1.23 bits per heavy atom. The molecule has 0 aromatic carbocycles. The summed E-state index contributed by atoms with van der Waals surface area (Å²) >= 11 is 1.06. The molecule has 0 N–H and O–H groups in total. The van der Waals surface area contributed by atoms with Crippen molar-refractivity contribution in [3.63, 3.8) is 0 Å². The first-order valence-electron chi connectivity index (χ1n) is 24.3. The van der Waals surface area contributed by atoms with E-state index < -0.39 is 42.1 Å². The molecule has 0 bridgehead atoms. The average Bonchev–Trinajstić information content (AvgIpc) is 3.27. The van der Waals surface area contributed by atoms with Gasteiger partial charge in [-0.15, -0.1) is 0 Å². The van der Waals surface area contributed by atoms with E-state index in [-0.39, 0.29) is 83.3 Å². The van der Waals surface area contributed by atoms with Gasteiger partial charge >= 0.3 is 29.8 Å². The van der Waals surface area contributed by atoms with Crippen molar-refractivity contribution in [3.05, 3.63) is 0 Å². The largest absolute Gasteiger partial charge is 0.464 e. The van der Waals surface area contributed by atoms with Gasteiger partial charge in [-0.05, 0) is 46.3 Å². The summed E-state index contributed by atoms with van der Waals surface area (Å²) in [5.74, 6) is -2.27. The molecule has 0 spiro atoms. The van der Waals surface area contributed by atoms with Gasteiger partial charge in [0.25, 0.3) is 11.7 Å². The number of nitrogens with zero attached hydrogens (tertiary/aromatic N) is 2. The van der Waals surface area contributed by atoms with Crippen LogP contribution in [0, 0.1) is 0 Å². The fraction of sp³-hybridized carbons (Fsp3) is 0.854. The number of thioether (sulfide) groups is 1. The van der Waals surface area contributed by atoms with Crippen LogP contribution in [-0.2, 0) is 57.2 Å². The highest BCUT2D eigenvalue weighted by Crippen LogP contribution is 2.15. The van der Waals surface area contributed by atoms with Crippen LogP contribution in [0.25, 0.3) is 0 Å². The lowest BCUT2D eigenvalue weighted by atomic mass is 10.1. The molecule has 15 nitrogen and oxygen atoms in total. The molecular formula is C48H88N2O13S. The highest BCUT2D eigenvalue weighted by atomic mass is 32.2. The predicted molar refractivity (Wildman–Crippen MR) is 252 cm³/mol. The quantitative estimate of drug-likeness (QED) is 0.0244. The molecule has 0 radical (unpaired) electrons. The van der Waals surface area contributed by atoms with Gasteiger partial charge in [-0.25, -0.2) is 0 Å². The zero-order valence-corrected chi connectivity index (χ0v) is 41.8. The third-order valence-electron chi connectivity index (χ3n) is 9.80. The first-order valence-corrected chi connectivity index (χ1v) is 25.3. The summed E-state index contributed by atoms with van der Waals surface area (Å²) < 4.78 is 31.8. The Morgan fingerprint density at radius 2 is 0.828 bits per heavy atom. The molecule has 0 aromatic rings. The lowest BCUT2D eigenvalue weighted by Gasteiger charge is -2.23. The predicted octanol–water partition coefficient (Wildman–Crippen LogP) is 9.78. The van der Waals surface area contributed by atoms with E-state index in [9.17, 15) is 33.6 Å². The van der Waals surface area contributed by atoms with Crippen LogP contribution in [0.1, 0.15) is 189 Å². The standard InChI is InChI=1S/C42H74N2O13S.C6H14/c1-6-9-12-14-16-18-22-38(47)53-31-35(30-52-34-45)56-40(49)24-27-44(42(51)58-29-20-26-43(4)5)28-25-41(50)57-36(32-54-37(46)21-11-8-3)33-55-39(48)23-19-17-15-13-10-7-2;1-3-5-6-4-2/h34-36H,6-33H2,1-5H3;3-6H2,1-2H3. The van der Waals surface area contributed by atoms with E-state index in [1.54, 1.807) is 0 Å². The fourth-order valence-electron chi connectivity index (χ4n) is 5.94. The molecule has 0 aliphatic heterocycles. The minimum absolute atomic E-state index is 0.0970. The van der Waals surface area contributed by atoms with Crippen LogP contribution in [0.2, 0.25) is 0 Å². The Morgan fingerprint density at radius 1 is 0.453 bits per heavy atom. The van der Waals surface area contributed by atoms with Crippen molar-refractivity contribution in [1.82, 2.24) is 9.80 Å². The number of carbonyl (C=O) groups excluding carboxylic acids is 7. The lowest BCUT2D eigenvalue weighted by Crippen LogP contribution is -2.36. The van der Waals surface area contributed by atoms with Gasteiger partial charge in [-0.3, -0.25) is 33.6 Å². The van der Waals surface area contributed by atoms with E-state index in [4.69, 9.17) is 28.4 Å². The molecule has 0 saturated heterocycles. The molecule has 0 aromatic heterocycles. The maximum atomic E-state index is 13.3. The maximum absolute atomic E-state index is 13.3. The second kappa shape index (κ2) is 46.1. The second-order valence-electron chi connectivity index (χ2n) is 16.3. The SMILES string of the molecule is CCCCCC.CCCCCCCCC(=O)OCC(COC=O)OC(=O)CCN(CCC(=O)OC(COC(=O)CCCC)COC(=O)CCCCCCCC)C(=O)SCCCN(C)C. The molecule has 0 saturated carbocycles. The number of hydrogen-bond donors (Lipinski definition) is 0. The van der Waals surface area contributed by atoms with Crippen LogP contribution in [0.15, 0.2) is 0 Å². The summed E-state index contributed by atoms with van der Waals surface area (Å²) in [6.07, 6.45) is 17.8. The number of esters is 5. The molecule has 2 unspecified atom stereocenters. The molecule has 0 heterocycles. The first-order chi connectivity index (χ1) is 30.9. The fourth-order valence-corrected chi connectivity index (χ4v) is 6.75. The summed E-state index contributed by atoms with van der Waals surface area (Å²) in [5.41, 5.74) is 0. The van der Waals surface area contributed by atoms with E-state index >= 15 is 0 Å². The topological polar surface area (TPSA) is 181 Å². The molecule has 16 heteroatoms. The molecule has 0 aliphatic rings. The van der Waals surface area contributed by atoms with E-state index in [1.165, 1.54) is 30.6 Å². The Labute approximate surface area is 390 Å². The minimum atomic E-state index is -1.04. The lowest BCUT2D eigenvalue weighted by molar-refractivity contribution is -0.167. The van der Waals surface area contributed by atoms with Crippen molar-refractivity contribution >= 4 is 53.3 Å². The van der Waals surface area contributed by atoms with Crippen molar-refractivity contribution in [2.24, 2.45) is 0 Å². The molecule has 0 aliphatic carbocycles. The monoisotopic (exact) mass is 933 g/mol. The molecule has 0 fully saturated rings. The number of ether oxygens (including phenoxy) is 6. The smallest absolute Gasteiger partial charge is 0.308 e. The summed E-state index contributed by atoms with van der Waals surface area (Å²) in [4.78, 5) is 90.4. The minimum Gasteiger partial charge on any atom is -0.464 e. The van der Waals surface area contributed by atoms with E-state index in [0.717, 1.165) is 95.4 Å². The van der Waals surface area contributed by atoms with Crippen molar-refractivity contribution in [1.29, 1.82) is 0 Å². The third-order valence-corrected chi connectivity index (χ3v) is 10.8. The molecular weight excluding hydrogens is 845 g/mol. The zero-order chi connectivity index (χ0) is 48.1. The molecule has 1 amide bonds. The van der Waals surface area contributed by atoms with E-state index in [2.05, 4.69) is 27.7 Å². The third kappa shape index (κ3) is 42.5. The van der Waals surface area contributed by atoms with Crippen molar-refractivity contribution in [3.8, 4) is 0 Å². The molecule has 0 rings (SSSR count). The van der Waals surface area contributed by atoms with Crippen LogP contribution >= 0.6 is 11.8 Å². The highest BCUT2D eigenvalue weighted by Gasteiger charge is 2.24. The number of unbranched alkanes of at least 4 members (excludes halogenated alkanes) is 14. The van der Waals surface area contributed by atoms with Crippen molar-refractivity contribution in [2.45, 2.75) is 201 Å². The Balaban J connectivity index is 0. The van der Waals surface area contributed by atoms with Gasteiger partial charge in [-0.1, -0.05) is 143 Å². The average molecular weight is 933 g/mol. The molecule has 374 valence electrons. The summed E-state index contributed by atoms with van der Waals surface area (Å²) in [7, 11) is 3.85. The zero-order valence-electron chi connectivity index (χ0n) is 41.0. The van der Waals surface area contributed by atoms with E-state index in [0.29, 0.717) is 25.0 Å². The van der Waals surface area contributed by atoms with Crippen LogP contribution in [-0.4, -0.2) is 129 Å². The molecule has 64 heavy (non-hydrogen) atoms. The Bertz CT molecular complexity index is 1200. The van der Waals surface area contributed by atoms with Crippen LogP contribution in [0.5, 0.6) is 0 Å². The molecule has 2 atom stereocenters. The number of hydrogen-bond acceptors (Lipinski definition) is 15. The van der Waals surface area contributed by atoms with Crippen molar-refractivity contribution < 1.29 is 62.0 Å². The van der Waals surface area contributed by atoms with Gasteiger partial charge in [0.1, 0.15) is 26.4 Å². The maximum Gasteiger partial charge on any atom is 0.308 e. The van der Waals surface area contributed by atoms with Gasteiger partial charge < -0.3 is 38.2 Å². The first kappa shape index (κ1) is 62.7. The van der Waals surface area contributed by atoms with Gasteiger partial charge in [0.05, 0.1) is 12.8 Å². The Kier molecular flexibility index (Phi) is 45.2. The van der Waals surface area contributed by atoms with Gasteiger partial charge in [0.15, 0.2) is 12.2 Å². The normalized spacial score (nSPS) is 11.7. The summed E-state index contributed by atoms with van der Waals surface area (Å²) in [6, 6.07) is 0. The Hall–Kier alpha value is -3.40. The highest BCUT2D eigenvalue weighted by molar-refractivity contribution is 8.13. The van der Waals surface area contributed by atoms with E-state index in [1.807, 2.05) is 25.9 Å². The second-order valence-corrected chi connectivity index (χ2v) is 17.4. The number of amides is 1. The van der Waals surface area contributed by atoms with Crippen LogP contribution < -0.4 is 0 Å². The summed E-state index contributed by atoms with van der Waals surface area (Å²) in [6.45, 7) is 10.2. The number of rotatable bonds is 41.